The first-order chi connectivity index (χ1) is 16.8. The van der Waals surface area contributed by atoms with Gasteiger partial charge in [-0.05, 0) is 43.2 Å². The molecular formula is C24H23ClN4O6. The molecule has 5 amide bonds. The highest BCUT2D eigenvalue weighted by Crippen LogP contribution is 2.34. The molecule has 11 heteroatoms. The van der Waals surface area contributed by atoms with E-state index < -0.39 is 30.3 Å². The number of carbonyl (C=O) groups excluding carboxylic acids is 4. The number of amides is 5. The summed E-state index contributed by atoms with van der Waals surface area (Å²) in [6.45, 7) is 4.04. The molecule has 1 aliphatic rings. The van der Waals surface area contributed by atoms with Crippen molar-refractivity contribution in [2.45, 2.75) is 26.7 Å². The van der Waals surface area contributed by atoms with Crippen LogP contribution in [0.15, 0.2) is 36.4 Å². The van der Waals surface area contributed by atoms with Crippen molar-refractivity contribution in [3.05, 3.63) is 47.0 Å². The van der Waals surface area contributed by atoms with Gasteiger partial charge in [-0.3, -0.25) is 14.4 Å². The Balaban J connectivity index is 1.78. The summed E-state index contributed by atoms with van der Waals surface area (Å²) in [5, 5.41) is 11.6. The van der Waals surface area contributed by atoms with Crippen LogP contribution >= 0.6 is 11.6 Å². The number of nitrogens with one attached hydrogen (secondary N) is 1. The number of carbonyl (C=O) groups is 4. The van der Waals surface area contributed by atoms with Crippen LogP contribution in [0.2, 0.25) is 5.02 Å². The number of nitriles is 1. The number of anilines is 2. The highest BCUT2D eigenvalue weighted by molar-refractivity contribution is 6.53. The first kappa shape index (κ1) is 25.5. The Morgan fingerprint density at radius 1 is 1.00 bits per heavy atom. The van der Waals surface area contributed by atoms with Crippen molar-refractivity contribution in [2.75, 3.05) is 30.0 Å². The molecule has 182 valence electrons. The fraction of sp³-hybridized carbons (Fsp3) is 0.292. The summed E-state index contributed by atoms with van der Waals surface area (Å²) in [5.41, 5.74) is 0.607. The van der Waals surface area contributed by atoms with Crippen LogP contribution in [0.5, 0.6) is 11.5 Å². The highest BCUT2D eigenvalue weighted by atomic mass is 35.5. The maximum atomic E-state index is 12.9. The number of rotatable bonds is 10. The summed E-state index contributed by atoms with van der Waals surface area (Å²) in [7, 11) is 0. The van der Waals surface area contributed by atoms with Crippen molar-refractivity contribution < 1.29 is 28.7 Å². The van der Waals surface area contributed by atoms with Gasteiger partial charge in [0.1, 0.15) is 12.6 Å². The quantitative estimate of drug-likeness (QED) is 0.390. The molecule has 0 saturated carbocycles. The minimum Gasteiger partial charge on any atom is -0.490 e. The van der Waals surface area contributed by atoms with E-state index in [1.165, 1.54) is 30.3 Å². The van der Waals surface area contributed by atoms with Crippen LogP contribution in [0.25, 0.3) is 0 Å². The Kier molecular flexibility index (Phi) is 8.28. The number of benzene rings is 2. The van der Waals surface area contributed by atoms with E-state index in [0.717, 1.165) is 12.8 Å². The second kappa shape index (κ2) is 11.4. The molecule has 10 nitrogen and oxygen atoms in total. The van der Waals surface area contributed by atoms with Gasteiger partial charge < -0.3 is 14.8 Å². The molecule has 0 radical (unpaired) electrons. The maximum absolute atomic E-state index is 12.9. The molecular weight excluding hydrogens is 476 g/mol. The molecule has 3 rings (SSSR count). The van der Waals surface area contributed by atoms with Gasteiger partial charge in [-0.25, -0.2) is 14.6 Å². The number of nitrogens with zero attached hydrogens (tertiary/aromatic N) is 3. The van der Waals surface area contributed by atoms with Gasteiger partial charge in [-0.15, -0.1) is 0 Å². The Morgan fingerprint density at radius 2 is 1.69 bits per heavy atom. The minimum atomic E-state index is -1.13. The summed E-state index contributed by atoms with van der Waals surface area (Å²) in [6, 6.07) is 9.65. The SMILES string of the molecule is CCCOc1ccc(N2C(=O)C(=O)N(CC(=O)Nc3ccc(C#N)c(Cl)c3)C2=O)cc1OCCC. The Labute approximate surface area is 207 Å². The van der Waals surface area contributed by atoms with Crippen molar-refractivity contribution in [3.63, 3.8) is 0 Å². The second-order valence-corrected chi connectivity index (χ2v) is 7.90. The molecule has 2 aromatic rings. The first-order valence-corrected chi connectivity index (χ1v) is 11.3. The third-order valence-corrected chi connectivity index (χ3v) is 5.15. The maximum Gasteiger partial charge on any atom is 0.339 e. The average Bonchev–Trinajstić information content (AvgIpc) is 3.04. The lowest BCUT2D eigenvalue weighted by atomic mass is 10.2. The predicted octanol–water partition coefficient (Wildman–Crippen LogP) is 3.72. The van der Waals surface area contributed by atoms with Gasteiger partial charge in [0.25, 0.3) is 0 Å². The number of halogens is 1. The van der Waals surface area contributed by atoms with Crippen LogP contribution in [0.1, 0.15) is 32.3 Å². The van der Waals surface area contributed by atoms with Crippen LogP contribution in [0.4, 0.5) is 16.2 Å². The lowest BCUT2D eigenvalue weighted by molar-refractivity contribution is -0.140. The van der Waals surface area contributed by atoms with E-state index in [1.807, 2.05) is 19.9 Å². The van der Waals surface area contributed by atoms with E-state index >= 15 is 0 Å². The van der Waals surface area contributed by atoms with Crippen molar-refractivity contribution >= 4 is 46.7 Å². The third-order valence-electron chi connectivity index (χ3n) is 4.84. The Morgan fingerprint density at radius 3 is 2.31 bits per heavy atom. The van der Waals surface area contributed by atoms with Crippen LogP contribution in [0, 0.1) is 11.3 Å². The van der Waals surface area contributed by atoms with Gasteiger partial charge in [0.05, 0.1) is 29.5 Å². The van der Waals surface area contributed by atoms with Crippen LogP contribution < -0.4 is 19.7 Å². The van der Waals surface area contributed by atoms with E-state index in [2.05, 4.69) is 5.32 Å². The number of hydrogen-bond acceptors (Lipinski definition) is 7. The molecule has 2 aromatic carbocycles. The predicted molar refractivity (Wildman–Crippen MR) is 127 cm³/mol. The minimum absolute atomic E-state index is 0.116. The van der Waals surface area contributed by atoms with Gasteiger partial charge in [0, 0.05) is 11.8 Å². The largest absolute Gasteiger partial charge is 0.490 e. The summed E-state index contributed by atoms with van der Waals surface area (Å²) < 4.78 is 11.4. The molecule has 35 heavy (non-hydrogen) atoms. The number of hydrogen-bond donors (Lipinski definition) is 1. The van der Waals surface area contributed by atoms with E-state index in [0.29, 0.717) is 34.5 Å². The molecule has 0 atom stereocenters. The average molecular weight is 499 g/mol. The molecule has 1 saturated heterocycles. The van der Waals surface area contributed by atoms with E-state index in [4.69, 9.17) is 26.3 Å². The zero-order valence-corrected chi connectivity index (χ0v) is 19.9. The summed E-state index contributed by atoms with van der Waals surface area (Å²) in [6.07, 6.45) is 1.50. The zero-order valence-electron chi connectivity index (χ0n) is 19.2. The topological polar surface area (TPSA) is 129 Å². The molecule has 1 fully saturated rings. The number of ether oxygens (including phenoxy) is 2. The molecule has 1 aliphatic heterocycles. The van der Waals surface area contributed by atoms with Gasteiger partial charge in [-0.2, -0.15) is 5.26 Å². The molecule has 1 N–H and O–H groups in total. The Hall–Kier alpha value is -4.10. The van der Waals surface area contributed by atoms with E-state index in [-0.39, 0.29) is 22.0 Å². The lowest BCUT2D eigenvalue weighted by Crippen LogP contribution is -2.39. The lowest BCUT2D eigenvalue weighted by Gasteiger charge is -2.18. The molecule has 1 heterocycles. The van der Waals surface area contributed by atoms with Gasteiger partial charge in [0.2, 0.25) is 5.91 Å². The standard InChI is InChI=1S/C24H23ClN4O6/c1-3-9-34-19-8-7-17(12-20(19)35-10-4-2)29-23(32)22(31)28(24(29)33)14-21(30)27-16-6-5-15(13-26)18(25)11-16/h5-8,11-12H,3-4,9-10,14H2,1-2H3,(H,27,30). The first-order valence-electron chi connectivity index (χ1n) is 10.9. The molecule has 0 spiro atoms. The molecule has 0 aromatic heterocycles. The van der Waals surface area contributed by atoms with Crippen LogP contribution in [-0.4, -0.2) is 48.4 Å². The summed E-state index contributed by atoms with van der Waals surface area (Å²) >= 11 is 5.96. The van der Waals surface area contributed by atoms with Crippen molar-refractivity contribution in [3.8, 4) is 17.6 Å². The smallest absolute Gasteiger partial charge is 0.339 e. The zero-order chi connectivity index (χ0) is 25.5. The van der Waals surface area contributed by atoms with Gasteiger partial charge in [0.15, 0.2) is 11.5 Å². The highest BCUT2D eigenvalue weighted by Gasteiger charge is 2.46. The molecule has 0 unspecified atom stereocenters. The molecule has 0 aliphatic carbocycles. The fourth-order valence-electron chi connectivity index (χ4n) is 3.19. The van der Waals surface area contributed by atoms with Crippen molar-refractivity contribution in [1.29, 1.82) is 5.26 Å². The van der Waals surface area contributed by atoms with Crippen LogP contribution in [-0.2, 0) is 14.4 Å². The van der Waals surface area contributed by atoms with Crippen LogP contribution in [0.3, 0.4) is 0 Å². The van der Waals surface area contributed by atoms with Crippen molar-refractivity contribution in [2.24, 2.45) is 0 Å². The fourth-order valence-corrected chi connectivity index (χ4v) is 3.42. The normalized spacial score (nSPS) is 13.1. The van der Waals surface area contributed by atoms with E-state index in [9.17, 15) is 19.2 Å². The third kappa shape index (κ3) is 5.70. The van der Waals surface area contributed by atoms with Gasteiger partial charge >= 0.3 is 17.8 Å². The molecule has 0 bridgehead atoms. The number of urea groups is 1. The number of imide groups is 2. The second-order valence-electron chi connectivity index (χ2n) is 7.50. The Bertz CT molecular complexity index is 1210. The van der Waals surface area contributed by atoms with Gasteiger partial charge in [-0.1, -0.05) is 25.4 Å². The van der Waals surface area contributed by atoms with E-state index in [1.54, 1.807) is 6.07 Å². The monoisotopic (exact) mass is 498 g/mol. The summed E-state index contributed by atoms with van der Waals surface area (Å²) in [4.78, 5) is 51.8. The van der Waals surface area contributed by atoms with Crippen molar-refractivity contribution in [1.82, 2.24) is 4.90 Å². The summed E-state index contributed by atoms with van der Waals surface area (Å²) in [5.74, 6) is -2.16.